The maximum atomic E-state index is 12.3. The van der Waals surface area contributed by atoms with Gasteiger partial charge in [-0.05, 0) is 53.9 Å². The summed E-state index contributed by atoms with van der Waals surface area (Å²) >= 11 is 13.5. The second-order valence-electron chi connectivity index (χ2n) is 8.32. The van der Waals surface area contributed by atoms with E-state index in [2.05, 4.69) is 9.97 Å². The van der Waals surface area contributed by atoms with E-state index in [4.69, 9.17) is 27.9 Å². The van der Waals surface area contributed by atoms with Crippen LogP contribution < -0.4 is 4.74 Å². The first-order valence-corrected chi connectivity index (χ1v) is 11.8. The standard InChI is InChI=1S/C29H22Cl2N2O2/c1-18-11-12-22(17-32-18)29(34,20-9-6-10-23(15-20)35-2)21-13-14-25-24(16-21)27(30)26(28(31)33-25)19-7-4-3-5-8-19/h3-17,34H,1-2H3. The molecule has 1 N–H and O–H groups in total. The highest BCUT2D eigenvalue weighted by molar-refractivity contribution is 6.42. The molecular formula is C29H22Cl2N2O2. The van der Waals surface area contributed by atoms with Gasteiger partial charge in [0.15, 0.2) is 0 Å². The van der Waals surface area contributed by atoms with Crippen LogP contribution in [0.4, 0.5) is 0 Å². The van der Waals surface area contributed by atoms with Crippen molar-refractivity contribution < 1.29 is 9.84 Å². The van der Waals surface area contributed by atoms with Crippen molar-refractivity contribution in [1.29, 1.82) is 0 Å². The number of ether oxygens (including phenoxy) is 1. The fourth-order valence-electron chi connectivity index (χ4n) is 4.30. The first-order chi connectivity index (χ1) is 16.9. The number of halogens is 2. The zero-order valence-corrected chi connectivity index (χ0v) is 20.7. The molecule has 0 saturated carbocycles. The summed E-state index contributed by atoms with van der Waals surface area (Å²) in [6, 6.07) is 26.3. The first kappa shape index (κ1) is 23.3. The zero-order chi connectivity index (χ0) is 24.6. The highest BCUT2D eigenvalue weighted by Crippen LogP contribution is 2.42. The summed E-state index contributed by atoms with van der Waals surface area (Å²) in [4.78, 5) is 9.02. The Morgan fingerprint density at radius 3 is 2.29 bits per heavy atom. The van der Waals surface area contributed by atoms with Crippen molar-refractivity contribution in [3.05, 3.63) is 124 Å². The SMILES string of the molecule is COc1cccc(C(O)(c2ccc(C)nc2)c2ccc3nc(Cl)c(-c4ccccc4)c(Cl)c3c2)c1. The van der Waals surface area contributed by atoms with Gasteiger partial charge in [-0.3, -0.25) is 4.98 Å². The minimum absolute atomic E-state index is 0.326. The molecule has 0 aliphatic rings. The van der Waals surface area contributed by atoms with E-state index in [1.807, 2.05) is 91.9 Å². The molecule has 5 aromatic rings. The molecule has 35 heavy (non-hydrogen) atoms. The van der Waals surface area contributed by atoms with Gasteiger partial charge >= 0.3 is 0 Å². The number of aromatic nitrogens is 2. The van der Waals surface area contributed by atoms with E-state index in [9.17, 15) is 5.11 Å². The molecule has 0 spiro atoms. The van der Waals surface area contributed by atoms with Crippen LogP contribution in [0.5, 0.6) is 5.75 Å². The number of fused-ring (bicyclic) bond motifs is 1. The van der Waals surface area contributed by atoms with E-state index in [0.29, 0.717) is 49.1 Å². The van der Waals surface area contributed by atoms with Gasteiger partial charge in [0, 0.05) is 28.4 Å². The smallest absolute Gasteiger partial charge is 0.142 e. The lowest BCUT2D eigenvalue weighted by atomic mass is 9.80. The van der Waals surface area contributed by atoms with Crippen LogP contribution >= 0.6 is 23.2 Å². The van der Waals surface area contributed by atoms with E-state index >= 15 is 0 Å². The second-order valence-corrected chi connectivity index (χ2v) is 9.06. The Kier molecular flexibility index (Phi) is 6.20. The molecule has 3 aromatic carbocycles. The topological polar surface area (TPSA) is 55.2 Å². The molecule has 6 heteroatoms. The summed E-state index contributed by atoms with van der Waals surface area (Å²) in [5, 5.41) is 13.8. The summed E-state index contributed by atoms with van der Waals surface area (Å²) in [6.07, 6.45) is 1.69. The second kappa shape index (κ2) is 9.31. The molecule has 0 saturated heterocycles. The van der Waals surface area contributed by atoms with Crippen LogP contribution in [0.3, 0.4) is 0 Å². The number of aliphatic hydroxyl groups is 1. The Balaban J connectivity index is 1.78. The van der Waals surface area contributed by atoms with Crippen molar-refractivity contribution in [2.24, 2.45) is 0 Å². The van der Waals surface area contributed by atoms with Crippen molar-refractivity contribution in [3.8, 4) is 16.9 Å². The Morgan fingerprint density at radius 1 is 0.829 bits per heavy atom. The van der Waals surface area contributed by atoms with Crippen LogP contribution in [0.1, 0.15) is 22.4 Å². The molecule has 2 aromatic heterocycles. The Hall–Kier alpha value is -3.44. The third-order valence-electron chi connectivity index (χ3n) is 6.17. The molecule has 1 unspecified atom stereocenters. The predicted molar refractivity (Wildman–Crippen MR) is 141 cm³/mol. The Labute approximate surface area is 213 Å². The number of hydrogen-bond donors (Lipinski definition) is 1. The third-order valence-corrected chi connectivity index (χ3v) is 6.84. The lowest BCUT2D eigenvalue weighted by Gasteiger charge is -2.30. The largest absolute Gasteiger partial charge is 0.497 e. The minimum atomic E-state index is -1.51. The maximum Gasteiger partial charge on any atom is 0.142 e. The summed E-state index contributed by atoms with van der Waals surface area (Å²) in [5.41, 5.74) is 3.38. The van der Waals surface area contributed by atoms with E-state index in [1.165, 1.54) is 0 Å². The van der Waals surface area contributed by atoms with Crippen LogP contribution in [0.25, 0.3) is 22.0 Å². The first-order valence-electron chi connectivity index (χ1n) is 11.1. The van der Waals surface area contributed by atoms with E-state index in [-0.39, 0.29) is 0 Å². The number of benzene rings is 3. The maximum absolute atomic E-state index is 12.3. The monoisotopic (exact) mass is 500 g/mol. The van der Waals surface area contributed by atoms with Gasteiger partial charge in [-0.15, -0.1) is 0 Å². The number of aryl methyl sites for hydroxylation is 1. The van der Waals surface area contributed by atoms with Crippen molar-refractivity contribution in [1.82, 2.24) is 9.97 Å². The fraction of sp³-hybridized carbons (Fsp3) is 0.103. The van der Waals surface area contributed by atoms with E-state index in [0.717, 1.165) is 11.3 Å². The summed E-state index contributed by atoms with van der Waals surface area (Å²) < 4.78 is 5.44. The predicted octanol–water partition coefficient (Wildman–Crippen LogP) is 7.20. The average Bonchev–Trinajstić information content (AvgIpc) is 2.89. The molecule has 0 bridgehead atoms. The molecule has 2 heterocycles. The molecule has 174 valence electrons. The van der Waals surface area contributed by atoms with Crippen LogP contribution in [0.15, 0.2) is 91.1 Å². The normalized spacial score (nSPS) is 12.9. The van der Waals surface area contributed by atoms with E-state index in [1.54, 1.807) is 13.3 Å². The number of nitrogens with zero attached hydrogens (tertiary/aromatic N) is 2. The van der Waals surface area contributed by atoms with Gasteiger partial charge in [-0.25, -0.2) is 4.98 Å². The highest BCUT2D eigenvalue weighted by Gasteiger charge is 2.35. The number of hydrogen-bond acceptors (Lipinski definition) is 4. The summed E-state index contributed by atoms with van der Waals surface area (Å²) in [6.45, 7) is 1.91. The zero-order valence-electron chi connectivity index (χ0n) is 19.2. The molecule has 4 nitrogen and oxygen atoms in total. The van der Waals surface area contributed by atoms with Crippen molar-refractivity contribution >= 4 is 34.1 Å². The van der Waals surface area contributed by atoms with Gasteiger partial charge in [0.2, 0.25) is 0 Å². The third kappa shape index (κ3) is 4.14. The number of rotatable bonds is 5. The van der Waals surface area contributed by atoms with E-state index < -0.39 is 5.60 Å². The van der Waals surface area contributed by atoms with Crippen molar-refractivity contribution in [2.75, 3.05) is 7.11 Å². The average molecular weight is 501 g/mol. The molecular weight excluding hydrogens is 479 g/mol. The van der Waals surface area contributed by atoms with Gasteiger partial charge < -0.3 is 9.84 Å². The van der Waals surface area contributed by atoms with Crippen LogP contribution in [0.2, 0.25) is 10.2 Å². The molecule has 0 aliphatic heterocycles. The molecule has 0 radical (unpaired) electrons. The van der Waals surface area contributed by atoms with Gasteiger partial charge in [0.1, 0.15) is 16.5 Å². The van der Waals surface area contributed by atoms with Crippen LogP contribution in [0, 0.1) is 6.92 Å². The fourth-order valence-corrected chi connectivity index (χ4v) is 4.99. The van der Waals surface area contributed by atoms with Crippen molar-refractivity contribution in [2.45, 2.75) is 12.5 Å². The minimum Gasteiger partial charge on any atom is -0.497 e. The van der Waals surface area contributed by atoms with Crippen molar-refractivity contribution in [3.63, 3.8) is 0 Å². The molecule has 1 atom stereocenters. The molecule has 0 fully saturated rings. The lowest BCUT2D eigenvalue weighted by molar-refractivity contribution is 0.125. The quantitative estimate of drug-likeness (QED) is 0.259. The molecule has 0 amide bonds. The van der Waals surface area contributed by atoms with Gasteiger partial charge in [-0.2, -0.15) is 0 Å². The molecule has 5 rings (SSSR count). The number of pyridine rings is 2. The van der Waals surface area contributed by atoms with Crippen LogP contribution in [-0.2, 0) is 5.60 Å². The molecule has 0 aliphatic carbocycles. The summed E-state index contributed by atoms with van der Waals surface area (Å²) in [7, 11) is 1.60. The Bertz CT molecular complexity index is 1520. The lowest BCUT2D eigenvalue weighted by Crippen LogP contribution is -2.29. The van der Waals surface area contributed by atoms with Gasteiger partial charge in [0.05, 0.1) is 17.6 Å². The Morgan fingerprint density at radius 2 is 1.57 bits per heavy atom. The number of methoxy groups -OCH3 is 1. The van der Waals surface area contributed by atoms with Gasteiger partial charge in [-0.1, -0.05) is 77.8 Å². The summed E-state index contributed by atoms with van der Waals surface area (Å²) in [5.74, 6) is 0.639. The highest BCUT2D eigenvalue weighted by atomic mass is 35.5. The van der Waals surface area contributed by atoms with Crippen LogP contribution in [-0.4, -0.2) is 22.2 Å². The van der Waals surface area contributed by atoms with Gasteiger partial charge in [0.25, 0.3) is 0 Å².